The fourth-order valence-corrected chi connectivity index (χ4v) is 3.12. The molecule has 24 heavy (non-hydrogen) atoms. The van der Waals surface area contributed by atoms with Gasteiger partial charge in [0.05, 0.1) is 9.95 Å². The SMILES string of the molecule is O=[N+]([O-])c1ccc(OC2CCN(Cc3ccccc3)CC2)c(Cl)c1. The van der Waals surface area contributed by atoms with E-state index in [0.29, 0.717) is 5.75 Å². The Hall–Kier alpha value is -2.11. The lowest BCUT2D eigenvalue weighted by molar-refractivity contribution is -0.384. The molecule has 1 heterocycles. The molecule has 3 rings (SSSR count). The minimum absolute atomic E-state index is 0.0231. The van der Waals surface area contributed by atoms with Gasteiger partial charge in [0.2, 0.25) is 0 Å². The molecule has 0 aliphatic carbocycles. The molecule has 1 fully saturated rings. The number of non-ortho nitro benzene ring substituents is 1. The summed E-state index contributed by atoms with van der Waals surface area (Å²) in [6.07, 6.45) is 1.93. The summed E-state index contributed by atoms with van der Waals surface area (Å²) in [7, 11) is 0. The highest BCUT2D eigenvalue weighted by Gasteiger charge is 2.22. The zero-order valence-electron chi connectivity index (χ0n) is 13.2. The summed E-state index contributed by atoms with van der Waals surface area (Å²) in [6.45, 7) is 2.88. The van der Waals surface area contributed by atoms with E-state index in [4.69, 9.17) is 16.3 Å². The van der Waals surface area contributed by atoms with Gasteiger partial charge >= 0.3 is 0 Å². The zero-order chi connectivity index (χ0) is 16.9. The third kappa shape index (κ3) is 4.24. The van der Waals surface area contributed by atoms with Crippen molar-refractivity contribution in [2.24, 2.45) is 0 Å². The Labute approximate surface area is 146 Å². The van der Waals surface area contributed by atoms with Crippen LogP contribution in [0.3, 0.4) is 0 Å². The summed E-state index contributed by atoms with van der Waals surface area (Å²) in [5, 5.41) is 11.0. The number of halogens is 1. The summed E-state index contributed by atoms with van der Waals surface area (Å²) < 4.78 is 5.94. The second-order valence-corrected chi connectivity index (χ2v) is 6.36. The van der Waals surface area contributed by atoms with Crippen LogP contribution < -0.4 is 4.74 Å². The molecule has 0 unspecified atom stereocenters. The highest BCUT2D eigenvalue weighted by Crippen LogP contribution is 2.31. The van der Waals surface area contributed by atoms with Crippen LogP contribution in [0, 0.1) is 10.1 Å². The van der Waals surface area contributed by atoms with Crippen LogP contribution in [-0.4, -0.2) is 29.0 Å². The molecule has 0 bridgehead atoms. The van der Waals surface area contributed by atoms with Gasteiger partial charge in [-0.1, -0.05) is 41.9 Å². The zero-order valence-corrected chi connectivity index (χ0v) is 14.0. The first-order valence-electron chi connectivity index (χ1n) is 7.99. The molecular formula is C18H19ClN2O3. The van der Waals surface area contributed by atoms with Gasteiger partial charge in [-0.15, -0.1) is 0 Å². The Morgan fingerprint density at radius 1 is 1.17 bits per heavy atom. The summed E-state index contributed by atoms with van der Waals surface area (Å²) in [4.78, 5) is 12.7. The first kappa shape index (κ1) is 16.7. The van der Waals surface area contributed by atoms with Gasteiger partial charge in [-0.05, 0) is 24.5 Å². The highest BCUT2D eigenvalue weighted by molar-refractivity contribution is 6.32. The maximum Gasteiger partial charge on any atom is 0.271 e. The van der Waals surface area contributed by atoms with Gasteiger partial charge in [0.15, 0.2) is 0 Å². The van der Waals surface area contributed by atoms with Crippen molar-refractivity contribution in [1.82, 2.24) is 4.90 Å². The summed E-state index contributed by atoms with van der Waals surface area (Å²) >= 11 is 6.09. The van der Waals surface area contributed by atoms with Crippen molar-refractivity contribution in [3.05, 3.63) is 69.2 Å². The fraction of sp³-hybridized carbons (Fsp3) is 0.333. The molecule has 0 radical (unpaired) electrons. The molecule has 2 aromatic carbocycles. The van der Waals surface area contributed by atoms with Crippen LogP contribution in [0.15, 0.2) is 48.5 Å². The Morgan fingerprint density at radius 3 is 2.50 bits per heavy atom. The summed E-state index contributed by atoms with van der Waals surface area (Å²) in [5.74, 6) is 0.517. The molecule has 5 nitrogen and oxygen atoms in total. The molecule has 0 amide bonds. The molecular weight excluding hydrogens is 328 g/mol. The quantitative estimate of drug-likeness (QED) is 0.598. The third-order valence-electron chi connectivity index (χ3n) is 4.20. The van der Waals surface area contributed by atoms with Gasteiger partial charge in [0.1, 0.15) is 11.9 Å². The standard InChI is InChI=1S/C18H19ClN2O3/c19-17-12-15(21(22)23)6-7-18(17)24-16-8-10-20(11-9-16)13-14-4-2-1-3-5-14/h1-7,12,16H,8-11,13H2. The number of rotatable bonds is 5. The largest absolute Gasteiger partial charge is 0.489 e. The van der Waals surface area contributed by atoms with E-state index in [1.54, 1.807) is 6.07 Å². The van der Waals surface area contributed by atoms with Crippen LogP contribution in [0.1, 0.15) is 18.4 Å². The van der Waals surface area contributed by atoms with Crippen molar-refractivity contribution in [3.8, 4) is 5.75 Å². The molecule has 1 saturated heterocycles. The average molecular weight is 347 g/mol. The van der Waals surface area contributed by atoms with Gasteiger partial charge in [-0.2, -0.15) is 0 Å². The van der Waals surface area contributed by atoms with Crippen LogP contribution in [0.25, 0.3) is 0 Å². The van der Waals surface area contributed by atoms with E-state index < -0.39 is 4.92 Å². The first-order valence-corrected chi connectivity index (χ1v) is 8.36. The van der Waals surface area contributed by atoms with Crippen LogP contribution >= 0.6 is 11.6 Å². The Bertz CT molecular complexity index is 701. The van der Waals surface area contributed by atoms with Gasteiger partial charge < -0.3 is 4.74 Å². The Kier molecular flexibility index (Phi) is 5.33. The van der Waals surface area contributed by atoms with E-state index in [1.807, 2.05) is 6.07 Å². The number of benzene rings is 2. The molecule has 1 aliphatic heterocycles. The molecule has 0 aromatic heterocycles. The lowest BCUT2D eigenvalue weighted by Crippen LogP contribution is -2.37. The van der Waals surface area contributed by atoms with Crippen molar-refractivity contribution in [1.29, 1.82) is 0 Å². The number of piperidine rings is 1. The highest BCUT2D eigenvalue weighted by atomic mass is 35.5. The number of nitro benzene ring substituents is 1. The molecule has 0 spiro atoms. The average Bonchev–Trinajstić information content (AvgIpc) is 2.59. The molecule has 2 aromatic rings. The second-order valence-electron chi connectivity index (χ2n) is 5.95. The van der Waals surface area contributed by atoms with Crippen molar-refractivity contribution in [2.45, 2.75) is 25.5 Å². The molecule has 0 atom stereocenters. The molecule has 126 valence electrons. The maximum atomic E-state index is 10.7. The van der Waals surface area contributed by atoms with Crippen molar-refractivity contribution < 1.29 is 9.66 Å². The molecule has 0 N–H and O–H groups in total. The van der Waals surface area contributed by atoms with Crippen LogP contribution in [0.5, 0.6) is 5.75 Å². The van der Waals surface area contributed by atoms with E-state index in [-0.39, 0.29) is 16.8 Å². The van der Waals surface area contributed by atoms with Crippen LogP contribution in [-0.2, 0) is 6.54 Å². The van der Waals surface area contributed by atoms with Crippen LogP contribution in [0.2, 0.25) is 5.02 Å². The monoisotopic (exact) mass is 346 g/mol. The summed E-state index contributed by atoms with van der Waals surface area (Å²) in [5.41, 5.74) is 1.29. The van der Waals surface area contributed by atoms with Gasteiger partial charge in [-0.3, -0.25) is 15.0 Å². The van der Waals surface area contributed by atoms with Crippen molar-refractivity contribution in [3.63, 3.8) is 0 Å². The van der Waals surface area contributed by atoms with Crippen LogP contribution in [0.4, 0.5) is 5.69 Å². The third-order valence-corrected chi connectivity index (χ3v) is 4.50. The van der Waals surface area contributed by atoms with Crippen molar-refractivity contribution >= 4 is 17.3 Å². The van der Waals surface area contributed by atoms with E-state index in [0.717, 1.165) is 32.5 Å². The number of nitrogens with zero attached hydrogens (tertiary/aromatic N) is 2. The number of hydrogen-bond donors (Lipinski definition) is 0. The van der Waals surface area contributed by atoms with E-state index in [2.05, 4.69) is 29.2 Å². The summed E-state index contributed by atoms with van der Waals surface area (Å²) in [6, 6.07) is 14.8. The minimum atomic E-state index is -0.461. The molecule has 0 saturated carbocycles. The number of hydrogen-bond acceptors (Lipinski definition) is 4. The fourth-order valence-electron chi connectivity index (χ4n) is 2.91. The van der Waals surface area contributed by atoms with Crippen molar-refractivity contribution in [2.75, 3.05) is 13.1 Å². The van der Waals surface area contributed by atoms with Gasteiger partial charge in [0, 0.05) is 31.8 Å². The van der Waals surface area contributed by atoms with E-state index >= 15 is 0 Å². The lowest BCUT2D eigenvalue weighted by atomic mass is 10.1. The minimum Gasteiger partial charge on any atom is -0.489 e. The van der Waals surface area contributed by atoms with E-state index in [9.17, 15) is 10.1 Å². The van der Waals surface area contributed by atoms with E-state index in [1.165, 1.54) is 17.7 Å². The lowest BCUT2D eigenvalue weighted by Gasteiger charge is -2.32. The van der Waals surface area contributed by atoms with Gasteiger partial charge in [-0.25, -0.2) is 0 Å². The molecule has 1 aliphatic rings. The Morgan fingerprint density at radius 2 is 1.88 bits per heavy atom. The van der Waals surface area contributed by atoms with Gasteiger partial charge in [0.25, 0.3) is 5.69 Å². The number of likely N-dealkylation sites (tertiary alicyclic amines) is 1. The number of ether oxygens (including phenoxy) is 1. The second kappa shape index (κ2) is 7.64. The molecule has 6 heteroatoms. The maximum absolute atomic E-state index is 10.7. The normalized spacial score (nSPS) is 16.0. The first-order chi connectivity index (χ1) is 11.6. The Balaban J connectivity index is 1.53. The predicted molar refractivity (Wildman–Crippen MR) is 93.5 cm³/mol. The number of nitro groups is 1. The smallest absolute Gasteiger partial charge is 0.271 e. The predicted octanol–water partition coefficient (Wildman–Crippen LogP) is 4.29. The topological polar surface area (TPSA) is 55.6 Å².